The summed E-state index contributed by atoms with van der Waals surface area (Å²) in [6.45, 7) is 0.495. The first-order chi connectivity index (χ1) is 16.1. The summed E-state index contributed by atoms with van der Waals surface area (Å²) in [5, 5.41) is 16.7. The lowest BCUT2D eigenvalue weighted by Crippen LogP contribution is -2.57. The second-order valence-corrected chi connectivity index (χ2v) is 9.62. The monoisotopic (exact) mass is 522 g/mol. The maximum Gasteiger partial charge on any atom is 0.326 e. The maximum absolute atomic E-state index is 13.0. The number of primary amides is 1. The van der Waals surface area contributed by atoms with E-state index in [1.807, 2.05) is 12.5 Å². The van der Waals surface area contributed by atoms with Crippen molar-refractivity contribution in [1.82, 2.24) is 16.0 Å². The Hall–Kier alpha value is -2.03. The summed E-state index contributed by atoms with van der Waals surface area (Å²) in [7, 11) is 0. The van der Waals surface area contributed by atoms with E-state index in [1.54, 1.807) is 0 Å². The molecule has 0 radical (unpaired) electrons. The second kappa shape index (κ2) is 18.3. The number of nitrogens with one attached hydrogen (secondary N) is 3. The van der Waals surface area contributed by atoms with Gasteiger partial charge in [0.05, 0.1) is 12.5 Å². The summed E-state index contributed by atoms with van der Waals surface area (Å²) in [6, 6.07) is -4.30. The van der Waals surface area contributed by atoms with Gasteiger partial charge in [-0.05, 0) is 56.2 Å². The number of hydrogen-bond donors (Lipinski definition) is 7. The Kier molecular flexibility index (Phi) is 17.2. The van der Waals surface area contributed by atoms with Crippen LogP contribution in [-0.2, 0) is 24.0 Å². The molecule has 34 heavy (non-hydrogen) atoms. The van der Waals surface area contributed by atoms with Gasteiger partial charge in [-0.25, -0.2) is 4.79 Å². The fourth-order valence-corrected chi connectivity index (χ4v) is 3.82. The Labute approximate surface area is 208 Å². The van der Waals surface area contributed by atoms with Crippen molar-refractivity contribution in [3.05, 3.63) is 0 Å². The molecule has 0 aromatic rings. The molecule has 0 aromatic heterocycles. The molecule has 0 spiro atoms. The SMILES string of the molecule is CSCCC(NC(=O)C(N)CCCCN)C(=O)NC(CCSC)C(=O)NC(CC(N)=O)C(=O)O. The number of aliphatic carboxylic acids is 1. The lowest BCUT2D eigenvalue weighted by Gasteiger charge is -2.25. The van der Waals surface area contributed by atoms with Gasteiger partial charge in [-0.2, -0.15) is 23.5 Å². The van der Waals surface area contributed by atoms with E-state index in [0.717, 1.165) is 6.42 Å². The predicted molar refractivity (Wildman–Crippen MR) is 134 cm³/mol. The third-order valence-corrected chi connectivity index (χ3v) is 6.10. The van der Waals surface area contributed by atoms with Gasteiger partial charge in [-0.3, -0.25) is 19.2 Å². The van der Waals surface area contributed by atoms with Crippen molar-refractivity contribution in [1.29, 1.82) is 0 Å². The minimum atomic E-state index is -1.52. The van der Waals surface area contributed by atoms with Crippen LogP contribution >= 0.6 is 23.5 Å². The van der Waals surface area contributed by atoms with Crippen molar-refractivity contribution in [3.63, 3.8) is 0 Å². The Morgan fingerprint density at radius 2 is 1.26 bits per heavy atom. The van der Waals surface area contributed by atoms with Crippen LogP contribution in [0.4, 0.5) is 0 Å². The Morgan fingerprint density at radius 1 is 0.794 bits per heavy atom. The van der Waals surface area contributed by atoms with E-state index in [4.69, 9.17) is 17.2 Å². The van der Waals surface area contributed by atoms with Crippen LogP contribution in [-0.4, -0.2) is 89.4 Å². The number of carbonyl (C=O) groups excluding carboxylic acids is 4. The average Bonchev–Trinajstić information content (AvgIpc) is 2.78. The van der Waals surface area contributed by atoms with Crippen LogP contribution < -0.4 is 33.2 Å². The van der Waals surface area contributed by atoms with Crippen LogP contribution in [0.5, 0.6) is 0 Å². The average molecular weight is 523 g/mol. The molecule has 0 aromatic carbocycles. The van der Waals surface area contributed by atoms with E-state index in [0.29, 0.717) is 37.3 Å². The number of thioether (sulfide) groups is 2. The molecule has 0 aliphatic rings. The highest BCUT2D eigenvalue weighted by atomic mass is 32.2. The number of carbonyl (C=O) groups is 5. The molecule has 0 saturated heterocycles. The van der Waals surface area contributed by atoms with Crippen LogP contribution in [0.3, 0.4) is 0 Å². The largest absolute Gasteiger partial charge is 0.480 e. The first-order valence-corrected chi connectivity index (χ1v) is 13.7. The lowest BCUT2D eigenvalue weighted by atomic mass is 10.1. The normalized spacial score (nSPS) is 14.4. The fourth-order valence-electron chi connectivity index (χ4n) is 2.87. The van der Waals surface area contributed by atoms with Crippen LogP contribution in [0.2, 0.25) is 0 Å². The molecule has 0 heterocycles. The molecular weight excluding hydrogens is 484 g/mol. The van der Waals surface area contributed by atoms with Crippen LogP contribution in [0, 0.1) is 0 Å². The number of nitrogens with two attached hydrogens (primary N) is 3. The van der Waals surface area contributed by atoms with E-state index in [1.165, 1.54) is 23.5 Å². The highest BCUT2D eigenvalue weighted by Gasteiger charge is 2.30. The highest BCUT2D eigenvalue weighted by Crippen LogP contribution is 2.07. The van der Waals surface area contributed by atoms with Crippen molar-refractivity contribution in [2.24, 2.45) is 17.2 Å². The molecule has 4 atom stereocenters. The van der Waals surface area contributed by atoms with Gasteiger partial charge in [-0.1, -0.05) is 6.42 Å². The first-order valence-electron chi connectivity index (χ1n) is 10.9. The van der Waals surface area contributed by atoms with Crippen molar-refractivity contribution < 1.29 is 29.1 Å². The van der Waals surface area contributed by atoms with E-state index in [9.17, 15) is 29.1 Å². The van der Waals surface area contributed by atoms with E-state index in [-0.39, 0.29) is 6.42 Å². The van der Waals surface area contributed by atoms with Crippen LogP contribution in [0.25, 0.3) is 0 Å². The van der Waals surface area contributed by atoms with Gasteiger partial charge < -0.3 is 38.3 Å². The number of carboxylic acids is 1. The number of unbranched alkanes of at least 4 members (excludes halogenated alkanes) is 1. The van der Waals surface area contributed by atoms with E-state index in [2.05, 4.69) is 16.0 Å². The summed E-state index contributed by atoms with van der Waals surface area (Å²) in [4.78, 5) is 60.7. The van der Waals surface area contributed by atoms with Gasteiger partial charge in [0.1, 0.15) is 18.1 Å². The molecule has 0 aliphatic carbocycles. The van der Waals surface area contributed by atoms with Gasteiger partial charge in [-0.15, -0.1) is 0 Å². The predicted octanol–water partition coefficient (Wildman–Crippen LogP) is -1.64. The molecule has 196 valence electrons. The Bertz CT molecular complexity index is 684. The Balaban J connectivity index is 5.36. The van der Waals surface area contributed by atoms with Crippen LogP contribution in [0.1, 0.15) is 38.5 Å². The number of amides is 4. The summed E-state index contributed by atoms with van der Waals surface area (Å²) >= 11 is 2.92. The molecule has 0 bridgehead atoms. The van der Waals surface area contributed by atoms with Crippen LogP contribution in [0.15, 0.2) is 0 Å². The quantitative estimate of drug-likeness (QED) is 0.0959. The first kappa shape index (κ1) is 32.0. The molecule has 12 nitrogen and oxygen atoms in total. The smallest absolute Gasteiger partial charge is 0.326 e. The molecule has 4 unspecified atom stereocenters. The van der Waals surface area contributed by atoms with Gasteiger partial charge >= 0.3 is 5.97 Å². The van der Waals surface area contributed by atoms with Gasteiger partial charge in [0.25, 0.3) is 0 Å². The summed E-state index contributed by atoms with van der Waals surface area (Å²) in [5.74, 6) is -3.06. The molecule has 0 saturated carbocycles. The van der Waals surface area contributed by atoms with Crippen molar-refractivity contribution in [2.75, 3.05) is 30.6 Å². The molecule has 14 heteroatoms. The van der Waals surface area contributed by atoms with Crippen molar-refractivity contribution >= 4 is 53.1 Å². The maximum atomic E-state index is 13.0. The number of rotatable bonds is 19. The minimum absolute atomic E-state index is 0.212. The number of carboxylic acid groups (broad SMARTS) is 1. The van der Waals surface area contributed by atoms with Gasteiger partial charge in [0, 0.05) is 0 Å². The summed E-state index contributed by atoms with van der Waals surface area (Å²) < 4.78 is 0. The van der Waals surface area contributed by atoms with Crippen molar-refractivity contribution in [3.8, 4) is 0 Å². The standard InChI is InChI=1S/C20H38N6O6S2/c1-33-9-6-13(24-17(28)12(22)5-3-4-8-21)18(29)25-14(7-10-34-2)19(30)26-15(20(31)32)11-16(23)27/h12-15H,3-11,21-22H2,1-2H3,(H2,23,27)(H,24,28)(H,25,29)(H,26,30)(H,31,32). The third kappa shape index (κ3) is 13.6. The highest BCUT2D eigenvalue weighted by molar-refractivity contribution is 7.98. The second-order valence-electron chi connectivity index (χ2n) is 7.65. The zero-order valence-corrected chi connectivity index (χ0v) is 21.3. The fraction of sp³-hybridized carbons (Fsp3) is 0.750. The third-order valence-electron chi connectivity index (χ3n) is 4.81. The molecule has 10 N–H and O–H groups in total. The molecule has 0 fully saturated rings. The number of hydrogen-bond acceptors (Lipinski definition) is 9. The minimum Gasteiger partial charge on any atom is -0.480 e. The molecule has 0 rings (SSSR count). The lowest BCUT2D eigenvalue weighted by molar-refractivity contribution is -0.143. The molecule has 0 aliphatic heterocycles. The zero-order chi connectivity index (χ0) is 26.1. The zero-order valence-electron chi connectivity index (χ0n) is 19.7. The molecular formula is C20H38N6O6S2. The Morgan fingerprint density at radius 3 is 1.68 bits per heavy atom. The summed E-state index contributed by atoms with van der Waals surface area (Å²) in [6.07, 6.45) is 5.45. The van der Waals surface area contributed by atoms with E-state index >= 15 is 0 Å². The molecule has 4 amide bonds. The van der Waals surface area contributed by atoms with Crippen molar-refractivity contribution in [2.45, 2.75) is 62.7 Å². The van der Waals surface area contributed by atoms with Gasteiger partial charge in [0.15, 0.2) is 0 Å². The van der Waals surface area contributed by atoms with Gasteiger partial charge in [0.2, 0.25) is 23.6 Å². The summed E-state index contributed by atoms with van der Waals surface area (Å²) in [5.41, 5.74) is 16.4. The topological polar surface area (TPSA) is 220 Å². The van der Waals surface area contributed by atoms with E-state index < -0.39 is 60.2 Å².